The van der Waals surface area contributed by atoms with Crippen molar-refractivity contribution in [3.63, 3.8) is 0 Å². The fourth-order valence-electron chi connectivity index (χ4n) is 3.11. The second-order valence-corrected chi connectivity index (χ2v) is 7.95. The number of hydroxylamine groups is 1. The first-order valence-corrected chi connectivity index (χ1v) is 9.65. The Labute approximate surface area is 147 Å². The smallest absolute Gasteiger partial charge is 0.216 e. The first-order chi connectivity index (χ1) is 11.9. The number of benzene rings is 1. The summed E-state index contributed by atoms with van der Waals surface area (Å²) in [7, 11) is -0.874. The Balaban J connectivity index is 1.77. The fraction of sp³-hybridized carbons (Fsp3) is 0.471. The third-order valence-electron chi connectivity index (χ3n) is 4.41. The average molecular weight is 370 g/mol. The largest absolute Gasteiger partial charge is 0.353 e. The number of halogens is 2. The van der Waals surface area contributed by atoms with Gasteiger partial charge in [0, 0.05) is 40.4 Å². The molecule has 3 rings (SSSR count). The minimum absolute atomic E-state index is 0.0785. The van der Waals surface area contributed by atoms with Crippen LogP contribution in [-0.2, 0) is 20.4 Å². The van der Waals surface area contributed by atoms with Crippen LogP contribution in [0.15, 0.2) is 18.2 Å². The minimum atomic E-state index is -0.874. The molecule has 2 aliphatic heterocycles. The molecule has 8 heteroatoms. The molecule has 1 amide bonds. The van der Waals surface area contributed by atoms with E-state index in [0.29, 0.717) is 35.6 Å². The van der Waals surface area contributed by atoms with Gasteiger partial charge in [0.2, 0.25) is 5.91 Å². The van der Waals surface area contributed by atoms with Crippen molar-refractivity contribution < 1.29 is 22.6 Å². The van der Waals surface area contributed by atoms with Crippen molar-refractivity contribution >= 4 is 22.4 Å². The summed E-state index contributed by atoms with van der Waals surface area (Å²) in [4.78, 5) is 16.2. The van der Waals surface area contributed by atoms with E-state index < -0.39 is 28.5 Å². The van der Waals surface area contributed by atoms with Gasteiger partial charge in [-0.3, -0.25) is 19.3 Å². The van der Waals surface area contributed by atoms with E-state index in [4.69, 9.17) is 4.84 Å². The van der Waals surface area contributed by atoms with Crippen molar-refractivity contribution in [2.75, 3.05) is 18.1 Å². The lowest BCUT2D eigenvalue weighted by Crippen LogP contribution is -2.30. The third-order valence-corrected chi connectivity index (χ3v) is 5.79. The molecule has 1 unspecified atom stereocenters. The molecule has 25 heavy (non-hydrogen) atoms. The Hall–Kier alpha value is -1.80. The van der Waals surface area contributed by atoms with Gasteiger partial charge in [-0.15, -0.1) is 0 Å². The zero-order valence-electron chi connectivity index (χ0n) is 13.8. The predicted octanol–water partition coefficient (Wildman–Crippen LogP) is 1.97. The van der Waals surface area contributed by atoms with Gasteiger partial charge in [-0.1, -0.05) is 0 Å². The molecule has 136 valence electrons. The van der Waals surface area contributed by atoms with E-state index in [1.165, 1.54) is 19.1 Å². The van der Waals surface area contributed by atoms with Crippen LogP contribution in [0.2, 0.25) is 0 Å². The number of carbonyl (C=O) groups excluding carboxylic acids is 1. The Morgan fingerprint density at radius 2 is 1.96 bits per heavy atom. The highest BCUT2D eigenvalue weighted by atomic mass is 32.2. The first-order valence-electron chi connectivity index (χ1n) is 8.16. The van der Waals surface area contributed by atoms with Gasteiger partial charge in [0.1, 0.15) is 17.7 Å². The predicted molar refractivity (Wildman–Crippen MR) is 90.9 cm³/mol. The van der Waals surface area contributed by atoms with Crippen molar-refractivity contribution in [2.45, 2.75) is 31.8 Å². The average Bonchev–Trinajstić information content (AvgIpc) is 3.03. The summed E-state index contributed by atoms with van der Waals surface area (Å²) in [6, 6.07) is 2.57. The summed E-state index contributed by atoms with van der Waals surface area (Å²) >= 11 is 0. The van der Waals surface area contributed by atoms with E-state index in [9.17, 15) is 17.8 Å². The Kier molecular flexibility index (Phi) is 5.48. The summed E-state index contributed by atoms with van der Waals surface area (Å²) in [5.74, 6) is -0.643. The highest BCUT2D eigenvalue weighted by Crippen LogP contribution is 2.33. The van der Waals surface area contributed by atoms with E-state index in [-0.39, 0.29) is 23.9 Å². The number of nitrogens with one attached hydrogen (secondary N) is 2. The van der Waals surface area contributed by atoms with Crippen LogP contribution in [0.1, 0.15) is 36.8 Å². The quantitative estimate of drug-likeness (QED) is 0.850. The number of rotatable bonds is 4. The Morgan fingerprint density at radius 3 is 2.56 bits per heavy atom. The van der Waals surface area contributed by atoms with Crippen LogP contribution in [0.4, 0.5) is 8.78 Å². The second kappa shape index (κ2) is 7.61. The maximum absolute atomic E-state index is 14.5. The fourth-order valence-corrected chi connectivity index (χ4v) is 4.40. The molecule has 1 atom stereocenters. The van der Waals surface area contributed by atoms with Gasteiger partial charge < -0.3 is 5.32 Å². The maximum atomic E-state index is 14.5. The van der Waals surface area contributed by atoms with Gasteiger partial charge >= 0.3 is 0 Å². The molecule has 0 bridgehead atoms. The number of amides is 1. The summed E-state index contributed by atoms with van der Waals surface area (Å²) < 4.78 is 40.5. The molecule has 2 aliphatic rings. The Bertz CT molecular complexity index is 706. The molecule has 0 spiro atoms. The SMILES string of the molecule is CC(=O)NCC1C=C(c2cc(F)c(C3CCS(=O)CC3)c(F)c2)NO1. The summed E-state index contributed by atoms with van der Waals surface area (Å²) in [5, 5.41) is 2.62. The van der Waals surface area contributed by atoms with Crippen LogP contribution in [-0.4, -0.2) is 34.3 Å². The topological polar surface area (TPSA) is 67.4 Å². The van der Waals surface area contributed by atoms with Crippen molar-refractivity contribution in [3.05, 3.63) is 41.0 Å². The van der Waals surface area contributed by atoms with Gasteiger partial charge in [0.15, 0.2) is 0 Å². The summed E-state index contributed by atoms with van der Waals surface area (Å²) in [5.41, 5.74) is 3.53. The molecular weight excluding hydrogens is 350 g/mol. The standard InChI is InChI=1S/C17H20F2N2O3S/c1-10(22)20-9-13-8-16(21-24-13)12-6-14(18)17(15(19)7-12)11-2-4-25(23)5-3-11/h6-8,11,13,21H,2-5,9H2,1H3,(H,20,22). The highest BCUT2D eigenvalue weighted by Gasteiger charge is 2.27. The molecule has 0 saturated carbocycles. The zero-order chi connectivity index (χ0) is 18.0. The normalized spacial score (nSPS) is 26.0. The van der Waals surface area contributed by atoms with Crippen molar-refractivity contribution in [2.24, 2.45) is 0 Å². The molecule has 1 aromatic rings. The van der Waals surface area contributed by atoms with Crippen molar-refractivity contribution in [3.8, 4) is 0 Å². The van der Waals surface area contributed by atoms with Gasteiger partial charge in [0.05, 0.1) is 12.2 Å². The number of carbonyl (C=O) groups is 1. The van der Waals surface area contributed by atoms with Crippen LogP contribution in [0, 0.1) is 11.6 Å². The summed E-state index contributed by atoms with van der Waals surface area (Å²) in [6.07, 6.45) is 2.33. The molecule has 2 N–H and O–H groups in total. The number of hydrogen-bond donors (Lipinski definition) is 2. The van der Waals surface area contributed by atoms with Crippen LogP contribution in [0.25, 0.3) is 5.70 Å². The van der Waals surface area contributed by atoms with E-state index in [0.717, 1.165) is 0 Å². The van der Waals surface area contributed by atoms with Crippen molar-refractivity contribution in [1.29, 1.82) is 0 Å². The lowest BCUT2D eigenvalue weighted by atomic mass is 9.91. The van der Waals surface area contributed by atoms with E-state index in [1.807, 2.05) is 0 Å². The third kappa shape index (κ3) is 4.24. The Morgan fingerprint density at radius 1 is 1.32 bits per heavy atom. The molecule has 1 fully saturated rings. The maximum Gasteiger partial charge on any atom is 0.216 e. The monoisotopic (exact) mass is 370 g/mol. The van der Waals surface area contributed by atoms with Crippen molar-refractivity contribution in [1.82, 2.24) is 10.8 Å². The first kappa shape index (κ1) is 18.0. The molecule has 1 saturated heterocycles. The summed E-state index contributed by atoms with van der Waals surface area (Å²) in [6.45, 7) is 1.67. The molecule has 5 nitrogen and oxygen atoms in total. The second-order valence-electron chi connectivity index (χ2n) is 6.25. The van der Waals surface area contributed by atoms with Gasteiger partial charge in [0.25, 0.3) is 0 Å². The molecule has 2 heterocycles. The van der Waals surface area contributed by atoms with E-state index in [2.05, 4.69) is 10.8 Å². The van der Waals surface area contributed by atoms with Crippen LogP contribution >= 0.6 is 0 Å². The van der Waals surface area contributed by atoms with Gasteiger partial charge in [-0.2, -0.15) is 0 Å². The van der Waals surface area contributed by atoms with Crippen LogP contribution < -0.4 is 10.8 Å². The highest BCUT2D eigenvalue weighted by molar-refractivity contribution is 7.85. The van der Waals surface area contributed by atoms with Crippen LogP contribution in [0.3, 0.4) is 0 Å². The van der Waals surface area contributed by atoms with E-state index >= 15 is 0 Å². The molecule has 0 radical (unpaired) electrons. The number of hydrogen-bond acceptors (Lipinski definition) is 4. The lowest BCUT2D eigenvalue weighted by molar-refractivity contribution is -0.119. The molecular formula is C17H20F2N2O3S. The minimum Gasteiger partial charge on any atom is -0.353 e. The van der Waals surface area contributed by atoms with Gasteiger partial charge in [-0.05, 0) is 37.0 Å². The lowest BCUT2D eigenvalue weighted by Gasteiger charge is -2.23. The molecule has 0 aliphatic carbocycles. The zero-order valence-corrected chi connectivity index (χ0v) is 14.6. The van der Waals surface area contributed by atoms with Gasteiger partial charge in [-0.25, -0.2) is 8.78 Å². The van der Waals surface area contributed by atoms with Crippen LogP contribution in [0.5, 0.6) is 0 Å². The molecule has 1 aromatic carbocycles. The molecule has 0 aromatic heterocycles. The van der Waals surface area contributed by atoms with E-state index in [1.54, 1.807) is 6.08 Å².